The minimum absolute atomic E-state index is 0.0463. The lowest BCUT2D eigenvalue weighted by Crippen LogP contribution is -2.59. The van der Waals surface area contributed by atoms with Gasteiger partial charge in [0.2, 0.25) is 0 Å². The van der Waals surface area contributed by atoms with Crippen LogP contribution in [0.15, 0.2) is 11.6 Å². The average molecular weight is 152 g/mol. The number of allylic oxidation sites excluding steroid dienone is 1. The molecule has 0 aromatic carbocycles. The van der Waals surface area contributed by atoms with Gasteiger partial charge in [0.05, 0.1) is 6.10 Å². The molecule has 0 spiro atoms. The average Bonchev–Trinajstić information content (AvgIpc) is 1.85. The molecule has 1 nitrogen and oxygen atoms in total. The molecule has 3 aliphatic carbocycles. The summed E-state index contributed by atoms with van der Waals surface area (Å²) in [4.78, 5) is 0. The summed E-state index contributed by atoms with van der Waals surface area (Å²) >= 11 is 0. The molecule has 0 aromatic heterocycles. The predicted octanol–water partition coefficient (Wildman–Crippen LogP) is 1.97. The minimum atomic E-state index is -0.0463. The van der Waals surface area contributed by atoms with E-state index in [2.05, 4.69) is 26.8 Å². The van der Waals surface area contributed by atoms with E-state index in [4.69, 9.17) is 0 Å². The summed E-state index contributed by atoms with van der Waals surface area (Å²) < 4.78 is 0. The van der Waals surface area contributed by atoms with E-state index in [1.165, 1.54) is 5.57 Å². The molecule has 0 amide bonds. The largest absolute Gasteiger partial charge is 0.392 e. The van der Waals surface area contributed by atoms with Gasteiger partial charge in [-0.1, -0.05) is 25.5 Å². The molecule has 2 bridgehead atoms. The van der Waals surface area contributed by atoms with Gasteiger partial charge >= 0.3 is 0 Å². The predicted molar refractivity (Wildman–Crippen MR) is 45.1 cm³/mol. The molecule has 1 heteroatoms. The highest BCUT2D eigenvalue weighted by molar-refractivity contribution is 5.25. The molecule has 62 valence electrons. The first-order valence-electron chi connectivity index (χ1n) is 4.40. The van der Waals surface area contributed by atoms with E-state index >= 15 is 0 Å². The molecule has 0 heterocycles. The highest BCUT2D eigenvalue weighted by atomic mass is 16.3. The van der Waals surface area contributed by atoms with Crippen LogP contribution in [-0.4, -0.2) is 11.2 Å². The number of aliphatic hydroxyl groups excluding tert-OH is 1. The summed E-state index contributed by atoms with van der Waals surface area (Å²) in [5.41, 5.74) is 1.75. The van der Waals surface area contributed by atoms with Crippen LogP contribution in [0, 0.1) is 17.3 Å². The van der Waals surface area contributed by atoms with E-state index in [0.29, 0.717) is 17.3 Å². The maximum absolute atomic E-state index is 9.69. The van der Waals surface area contributed by atoms with Crippen LogP contribution in [0.3, 0.4) is 0 Å². The number of aliphatic hydroxyl groups is 1. The molecule has 11 heavy (non-hydrogen) atoms. The molecule has 0 aliphatic heterocycles. The van der Waals surface area contributed by atoms with Crippen LogP contribution in [-0.2, 0) is 0 Å². The summed E-state index contributed by atoms with van der Waals surface area (Å²) in [5.74, 6) is 0.970. The fraction of sp³-hybridized carbons (Fsp3) is 0.800. The first kappa shape index (κ1) is 7.35. The molecule has 1 N–H and O–H groups in total. The highest BCUT2D eigenvalue weighted by Gasteiger charge is 2.57. The Kier molecular flexibility index (Phi) is 1.26. The van der Waals surface area contributed by atoms with Crippen molar-refractivity contribution in [2.45, 2.75) is 33.3 Å². The van der Waals surface area contributed by atoms with Crippen molar-refractivity contribution in [3.05, 3.63) is 11.6 Å². The second-order valence-electron chi connectivity index (χ2n) is 4.58. The fourth-order valence-electron chi connectivity index (χ4n) is 2.96. The lowest BCUT2D eigenvalue weighted by atomic mass is 9.47. The van der Waals surface area contributed by atoms with Crippen LogP contribution in [0.4, 0.5) is 0 Å². The molecule has 0 aromatic rings. The Morgan fingerprint density at radius 2 is 2.18 bits per heavy atom. The maximum Gasteiger partial charge on any atom is 0.0647 e. The van der Waals surface area contributed by atoms with Crippen molar-refractivity contribution in [2.24, 2.45) is 17.3 Å². The standard InChI is InChI=1S/C10H16O/c1-6-4-5-7-9(11)8(6)10(7,2)3/h4,7-9,11H,5H2,1-3H3/t7-,8+,9+/m0/s1. The lowest BCUT2D eigenvalue weighted by Gasteiger charge is -2.59. The second-order valence-corrected chi connectivity index (χ2v) is 4.58. The van der Waals surface area contributed by atoms with Gasteiger partial charge in [-0.05, 0) is 24.7 Å². The van der Waals surface area contributed by atoms with E-state index in [1.807, 2.05) is 0 Å². The quantitative estimate of drug-likeness (QED) is 0.526. The van der Waals surface area contributed by atoms with E-state index in [1.54, 1.807) is 0 Å². The van der Waals surface area contributed by atoms with Gasteiger partial charge < -0.3 is 5.11 Å². The Balaban J connectivity index is 2.34. The molecule has 3 rings (SSSR count). The Hall–Kier alpha value is -0.300. The number of hydrogen-bond acceptors (Lipinski definition) is 1. The number of rotatable bonds is 0. The Morgan fingerprint density at radius 1 is 1.55 bits per heavy atom. The van der Waals surface area contributed by atoms with Crippen molar-refractivity contribution >= 4 is 0 Å². The summed E-state index contributed by atoms with van der Waals surface area (Å²) in [5, 5.41) is 9.69. The molecule has 0 radical (unpaired) electrons. The topological polar surface area (TPSA) is 20.2 Å². The third-order valence-corrected chi connectivity index (χ3v) is 3.70. The van der Waals surface area contributed by atoms with Gasteiger partial charge in [-0.3, -0.25) is 0 Å². The van der Waals surface area contributed by atoms with Crippen LogP contribution in [0.1, 0.15) is 27.2 Å². The Labute approximate surface area is 68.1 Å². The third-order valence-electron chi connectivity index (χ3n) is 3.70. The van der Waals surface area contributed by atoms with Crippen molar-refractivity contribution < 1.29 is 5.11 Å². The summed E-state index contributed by atoms with van der Waals surface area (Å²) in [6, 6.07) is 0. The molecular weight excluding hydrogens is 136 g/mol. The van der Waals surface area contributed by atoms with E-state index < -0.39 is 0 Å². The molecule has 1 saturated carbocycles. The van der Waals surface area contributed by atoms with E-state index in [-0.39, 0.29) is 6.10 Å². The van der Waals surface area contributed by atoms with Gasteiger partial charge in [0.15, 0.2) is 0 Å². The number of fused-ring (bicyclic) bond motifs is 1. The summed E-state index contributed by atoms with van der Waals surface area (Å²) in [6.07, 6.45) is 3.32. The molecule has 3 aliphatic rings. The van der Waals surface area contributed by atoms with Crippen LogP contribution in [0.25, 0.3) is 0 Å². The van der Waals surface area contributed by atoms with Gasteiger partial charge in [0.25, 0.3) is 0 Å². The minimum Gasteiger partial charge on any atom is -0.392 e. The molecular formula is C10H16O. The first-order chi connectivity index (χ1) is 5.05. The molecule has 3 atom stereocenters. The van der Waals surface area contributed by atoms with Gasteiger partial charge in [-0.15, -0.1) is 0 Å². The molecule has 0 unspecified atom stereocenters. The van der Waals surface area contributed by atoms with Gasteiger partial charge in [-0.25, -0.2) is 0 Å². The van der Waals surface area contributed by atoms with Crippen molar-refractivity contribution in [1.29, 1.82) is 0 Å². The highest BCUT2D eigenvalue weighted by Crippen LogP contribution is 2.58. The molecule has 0 saturated heterocycles. The maximum atomic E-state index is 9.69. The molecule has 1 fully saturated rings. The van der Waals surface area contributed by atoms with Crippen LogP contribution in [0.5, 0.6) is 0 Å². The third kappa shape index (κ3) is 0.698. The second kappa shape index (κ2) is 1.89. The van der Waals surface area contributed by atoms with Crippen molar-refractivity contribution in [2.75, 3.05) is 0 Å². The zero-order valence-electron chi connectivity index (χ0n) is 7.46. The van der Waals surface area contributed by atoms with Crippen LogP contribution >= 0.6 is 0 Å². The van der Waals surface area contributed by atoms with Crippen LogP contribution < -0.4 is 0 Å². The first-order valence-corrected chi connectivity index (χ1v) is 4.40. The van der Waals surface area contributed by atoms with Gasteiger partial charge in [0, 0.05) is 5.92 Å². The lowest BCUT2D eigenvalue weighted by molar-refractivity contribution is -0.144. The van der Waals surface area contributed by atoms with Crippen molar-refractivity contribution in [3.8, 4) is 0 Å². The Morgan fingerprint density at radius 3 is 2.45 bits per heavy atom. The monoisotopic (exact) mass is 152 g/mol. The smallest absolute Gasteiger partial charge is 0.0647 e. The number of hydrogen-bond donors (Lipinski definition) is 1. The fourth-order valence-corrected chi connectivity index (χ4v) is 2.96. The Bertz CT molecular complexity index is 215. The zero-order valence-corrected chi connectivity index (χ0v) is 7.46. The normalized spacial score (nSPS) is 46.2. The van der Waals surface area contributed by atoms with E-state index in [9.17, 15) is 5.11 Å². The van der Waals surface area contributed by atoms with Gasteiger partial charge in [-0.2, -0.15) is 0 Å². The zero-order chi connectivity index (χ0) is 8.22. The van der Waals surface area contributed by atoms with Crippen LogP contribution in [0.2, 0.25) is 0 Å². The SMILES string of the molecule is CC1=CC[C@H]2[C@@H](O)[C@@H]1C2(C)C. The van der Waals surface area contributed by atoms with Crippen molar-refractivity contribution in [1.82, 2.24) is 0 Å². The summed E-state index contributed by atoms with van der Waals surface area (Å²) in [7, 11) is 0. The van der Waals surface area contributed by atoms with Gasteiger partial charge in [0.1, 0.15) is 0 Å². The summed E-state index contributed by atoms with van der Waals surface area (Å²) in [6.45, 7) is 6.68. The van der Waals surface area contributed by atoms with E-state index in [0.717, 1.165) is 6.42 Å². The van der Waals surface area contributed by atoms with Crippen molar-refractivity contribution in [3.63, 3.8) is 0 Å².